The fourth-order valence-corrected chi connectivity index (χ4v) is 2.27. The third kappa shape index (κ3) is 3.02. The summed E-state index contributed by atoms with van der Waals surface area (Å²) in [6.07, 6.45) is 2.15. The van der Waals surface area contributed by atoms with Gasteiger partial charge in [0.25, 0.3) is 0 Å². The maximum atomic E-state index is 13.0. The molecule has 0 amide bonds. The number of likely N-dealkylation sites (tertiary alicyclic amines) is 1. The van der Waals surface area contributed by atoms with Gasteiger partial charge >= 0.3 is 0 Å². The molecule has 1 aromatic carbocycles. The summed E-state index contributed by atoms with van der Waals surface area (Å²) in [5, 5.41) is 8.96. The summed E-state index contributed by atoms with van der Waals surface area (Å²) in [5.74, 6) is -0.361. The Morgan fingerprint density at radius 1 is 1.53 bits per heavy atom. The molecule has 1 aromatic rings. The summed E-state index contributed by atoms with van der Waals surface area (Å²) in [6.45, 7) is 2.52. The lowest BCUT2D eigenvalue weighted by Crippen LogP contribution is -2.42. The first-order valence-electron chi connectivity index (χ1n) is 5.85. The number of halogens is 1. The molecule has 90 valence electrons. The number of hydrogen-bond acceptors (Lipinski definition) is 3. The molecule has 1 aliphatic rings. The Balaban J connectivity index is 2.10. The summed E-state index contributed by atoms with van der Waals surface area (Å²) in [6, 6.07) is 6.64. The van der Waals surface area contributed by atoms with E-state index in [4.69, 9.17) is 11.0 Å². The van der Waals surface area contributed by atoms with Crippen LogP contribution in [-0.2, 0) is 6.54 Å². The van der Waals surface area contributed by atoms with E-state index < -0.39 is 0 Å². The van der Waals surface area contributed by atoms with E-state index in [0.717, 1.165) is 31.5 Å². The molecule has 1 unspecified atom stereocenters. The summed E-state index contributed by atoms with van der Waals surface area (Å²) in [4.78, 5) is 2.22. The quantitative estimate of drug-likeness (QED) is 0.844. The van der Waals surface area contributed by atoms with Crippen LogP contribution < -0.4 is 5.73 Å². The SMILES string of the molecule is N#Cc1cc(F)ccc1CN1CCCC(N)C1. The molecule has 3 nitrogen and oxygen atoms in total. The highest BCUT2D eigenvalue weighted by Crippen LogP contribution is 2.16. The largest absolute Gasteiger partial charge is 0.327 e. The van der Waals surface area contributed by atoms with Crippen molar-refractivity contribution in [3.8, 4) is 6.07 Å². The Kier molecular flexibility index (Phi) is 3.72. The second kappa shape index (κ2) is 5.26. The lowest BCUT2D eigenvalue weighted by molar-refractivity contribution is 0.201. The zero-order chi connectivity index (χ0) is 12.3. The van der Waals surface area contributed by atoms with Gasteiger partial charge in [-0.1, -0.05) is 6.07 Å². The van der Waals surface area contributed by atoms with Gasteiger partial charge in [-0.25, -0.2) is 4.39 Å². The monoisotopic (exact) mass is 233 g/mol. The maximum Gasteiger partial charge on any atom is 0.124 e. The van der Waals surface area contributed by atoms with Gasteiger partial charge in [-0.15, -0.1) is 0 Å². The summed E-state index contributed by atoms with van der Waals surface area (Å²) < 4.78 is 13.0. The molecule has 2 rings (SSSR count). The number of hydrogen-bond donors (Lipinski definition) is 1. The molecular weight excluding hydrogens is 217 g/mol. The van der Waals surface area contributed by atoms with Crippen molar-refractivity contribution in [2.75, 3.05) is 13.1 Å². The fraction of sp³-hybridized carbons (Fsp3) is 0.462. The molecule has 0 spiro atoms. The van der Waals surface area contributed by atoms with Crippen LogP contribution in [0.1, 0.15) is 24.0 Å². The lowest BCUT2D eigenvalue weighted by atomic mass is 10.0. The average molecular weight is 233 g/mol. The van der Waals surface area contributed by atoms with Gasteiger partial charge in [0.05, 0.1) is 11.6 Å². The Labute approximate surface area is 101 Å². The minimum absolute atomic E-state index is 0.217. The zero-order valence-corrected chi connectivity index (χ0v) is 9.69. The molecule has 1 fully saturated rings. The number of piperidine rings is 1. The second-order valence-corrected chi connectivity index (χ2v) is 4.55. The van der Waals surface area contributed by atoms with Gasteiger partial charge in [0.1, 0.15) is 5.82 Å². The van der Waals surface area contributed by atoms with Crippen molar-refractivity contribution in [3.63, 3.8) is 0 Å². The van der Waals surface area contributed by atoms with Gasteiger partial charge in [-0.3, -0.25) is 4.90 Å². The van der Waals surface area contributed by atoms with Crippen LogP contribution in [0.2, 0.25) is 0 Å². The number of rotatable bonds is 2. The van der Waals surface area contributed by atoms with E-state index >= 15 is 0 Å². The van der Waals surface area contributed by atoms with Crippen LogP contribution in [0.4, 0.5) is 4.39 Å². The van der Waals surface area contributed by atoms with Crippen LogP contribution in [0.5, 0.6) is 0 Å². The first-order valence-corrected chi connectivity index (χ1v) is 5.85. The van der Waals surface area contributed by atoms with Crippen LogP contribution in [0.3, 0.4) is 0 Å². The number of nitrogens with two attached hydrogens (primary N) is 1. The van der Waals surface area contributed by atoms with Crippen LogP contribution >= 0.6 is 0 Å². The number of benzene rings is 1. The summed E-state index contributed by atoms with van der Waals surface area (Å²) in [5.41, 5.74) is 7.21. The lowest BCUT2D eigenvalue weighted by Gasteiger charge is -2.30. The van der Waals surface area contributed by atoms with Gasteiger partial charge in [0, 0.05) is 19.1 Å². The second-order valence-electron chi connectivity index (χ2n) is 4.55. The molecule has 0 radical (unpaired) electrons. The highest BCUT2D eigenvalue weighted by atomic mass is 19.1. The number of nitrogens with zero attached hydrogens (tertiary/aromatic N) is 2. The molecule has 0 bridgehead atoms. The zero-order valence-electron chi connectivity index (χ0n) is 9.69. The first kappa shape index (κ1) is 12.0. The standard InChI is InChI=1S/C13H16FN3/c14-12-4-3-10(11(6-12)7-15)8-17-5-1-2-13(16)9-17/h3-4,6,13H,1-2,5,8-9,16H2. The Morgan fingerprint density at radius 2 is 2.35 bits per heavy atom. The molecule has 0 aliphatic carbocycles. The molecule has 4 heteroatoms. The normalized spacial score (nSPS) is 21.1. The van der Waals surface area contributed by atoms with Crippen molar-refractivity contribution in [1.29, 1.82) is 5.26 Å². The van der Waals surface area contributed by atoms with Crippen molar-refractivity contribution < 1.29 is 4.39 Å². The third-order valence-corrected chi connectivity index (χ3v) is 3.13. The van der Waals surface area contributed by atoms with Crippen molar-refractivity contribution in [2.24, 2.45) is 5.73 Å². The molecule has 1 aliphatic heterocycles. The van der Waals surface area contributed by atoms with E-state index in [1.165, 1.54) is 12.1 Å². The minimum Gasteiger partial charge on any atom is -0.327 e. The third-order valence-electron chi connectivity index (χ3n) is 3.13. The van der Waals surface area contributed by atoms with E-state index in [1.54, 1.807) is 6.07 Å². The van der Waals surface area contributed by atoms with E-state index in [9.17, 15) is 4.39 Å². The Bertz CT molecular complexity index is 439. The van der Waals surface area contributed by atoms with Crippen LogP contribution in [0.25, 0.3) is 0 Å². The van der Waals surface area contributed by atoms with E-state index in [2.05, 4.69) is 4.90 Å². The van der Waals surface area contributed by atoms with Gasteiger partial charge in [0.2, 0.25) is 0 Å². The van der Waals surface area contributed by atoms with Gasteiger partial charge < -0.3 is 5.73 Å². The van der Waals surface area contributed by atoms with Gasteiger partial charge in [-0.2, -0.15) is 5.26 Å². The van der Waals surface area contributed by atoms with Crippen LogP contribution in [-0.4, -0.2) is 24.0 Å². The maximum absolute atomic E-state index is 13.0. The number of nitriles is 1. The topological polar surface area (TPSA) is 53.0 Å². The van der Waals surface area contributed by atoms with Crippen LogP contribution in [0.15, 0.2) is 18.2 Å². The molecule has 0 aromatic heterocycles. The Morgan fingerprint density at radius 3 is 3.06 bits per heavy atom. The van der Waals surface area contributed by atoms with Crippen molar-refractivity contribution in [1.82, 2.24) is 4.90 Å². The molecule has 0 saturated carbocycles. The Hall–Kier alpha value is -1.44. The smallest absolute Gasteiger partial charge is 0.124 e. The highest BCUT2D eigenvalue weighted by Gasteiger charge is 2.17. The van der Waals surface area contributed by atoms with Gasteiger partial charge in [0.15, 0.2) is 0 Å². The highest BCUT2D eigenvalue weighted by molar-refractivity contribution is 5.37. The average Bonchev–Trinajstić information content (AvgIpc) is 2.31. The minimum atomic E-state index is -0.361. The summed E-state index contributed by atoms with van der Waals surface area (Å²) >= 11 is 0. The van der Waals surface area contributed by atoms with E-state index in [1.807, 2.05) is 6.07 Å². The first-order chi connectivity index (χ1) is 8.19. The van der Waals surface area contributed by atoms with Gasteiger partial charge in [-0.05, 0) is 37.1 Å². The van der Waals surface area contributed by atoms with Crippen molar-refractivity contribution in [2.45, 2.75) is 25.4 Å². The molecular formula is C13H16FN3. The molecule has 1 saturated heterocycles. The van der Waals surface area contributed by atoms with Crippen molar-refractivity contribution >= 4 is 0 Å². The van der Waals surface area contributed by atoms with E-state index in [-0.39, 0.29) is 11.9 Å². The molecule has 2 N–H and O–H groups in total. The molecule has 1 atom stereocenters. The molecule has 17 heavy (non-hydrogen) atoms. The molecule has 1 heterocycles. The fourth-order valence-electron chi connectivity index (χ4n) is 2.27. The summed E-state index contributed by atoms with van der Waals surface area (Å²) in [7, 11) is 0. The van der Waals surface area contributed by atoms with Crippen LogP contribution in [0, 0.1) is 17.1 Å². The van der Waals surface area contributed by atoms with Crippen molar-refractivity contribution in [3.05, 3.63) is 35.1 Å². The predicted octanol–water partition coefficient (Wildman–Crippen LogP) is 1.62. The predicted molar refractivity (Wildman–Crippen MR) is 63.6 cm³/mol. The van der Waals surface area contributed by atoms with E-state index in [0.29, 0.717) is 12.1 Å².